The summed E-state index contributed by atoms with van der Waals surface area (Å²) in [5.74, 6) is 0.514. The summed E-state index contributed by atoms with van der Waals surface area (Å²) in [4.78, 5) is 29.6. The molecule has 0 saturated carbocycles. The molecule has 0 fully saturated rings. The van der Waals surface area contributed by atoms with Crippen molar-refractivity contribution in [1.29, 1.82) is 0 Å². The maximum absolute atomic E-state index is 13.3. The molecule has 2 aromatic carbocycles. The summed E-state index contributed by atoms with van der Waals surface area (Å²) in [6.07, 6.45) is 3.90. The number of ether oxygens (including phenoxy) is 3. The quantitative estimate of drug-likeness (QED) is 0.210. The van der Waals surface area contributed by atoms with E-state index in [1.807, 2.05) is 6.07 Å². The molecular weight excluding hydrogens is 606 g/mol. The zero-order valence-electron chi connectivity index (χ0n) is 19.4. The summed E-state index contributed by atoms with van der Waals surface area (Å²) in [6.45, 7) is 3.70. The van der Waals surface area contributed by atoms with Crippen LogP contribution in [0.5, 0.6) is 11.5 Å². The number of methoxy groups -OCH3 is 1. The minimum atomic E-state index is -0.526. The van der Waals surface area contributed by atoms with Gasteiger partial charge in [-0.3, -0.25) is 4.79 Å². The molecule has 35 heavy (non-hydrogen) atoms. The van der Waals surface area contributed by atoms with Crippen LogP contribution >= 0.6 is 43.5 Å². The Bertz CT molecular complexity index is 1330. The van der Waals surface area contributed by atoms with Crippen LogP contribution in [-0.2, 0) is 16.0 Å². The van der Waals surface area contributed by atoms with E-state index < -0.39 is 5.97 Å². The highest BCUT2D eigenvalue weighted by Crippen LogP contribution is 2.42. The number of nitrogens with zero attached hydrogens (tertiary/aromatic N) is 3. The Morgan fingerprint density at radius 1 is 1.26 bits per heavy atom. The number of esters is 1. The van der Waals surface area contributed by atoms with Crippen molar-refractivity contribution in [3.63, 3.8) is 0 Å². The Kier molecular flexibility index (Phi) is 9.71. The van der Waals surface area contributed by atoms with Gasteiger partial charge in [-0.1, -0.05) is 40.9 Å². The molecule has 0 N–H and O–H groups in total. The van der Waals surface area contributed by atoms with Gasteiger partial charge in [-0.15, -0.1) is 0 Å². The lowest BCUT2D eigenvalue weighted by atomic mass is 10.2. The Labute approximate surface area is 224 Å². The van der Waals surface area contributed by atoms with Crippen LogP contribution in [0.15, 0.2) is 43.1 Å². The summed E-state index contributed by atoms with van der Waals surface area (Å²) < 4.78 is 18.4. The molecule has 8 nitrogen and oxygen atoms in total. The zero-order valence-corrected chi connectivity index (χ0v) is 23.4. The molecule has 1 aromatic heterocycles. The number of aromatic nitrogens is 2. The van der Waals surface area contributed by atoms with E-state index in [0.29, 0.717) is 38.9 Å². The first-order valence-corrected chi connectivity index (χ1v) is 12.9. The number of halogens is 3. The smallest absolute Gasteiger partial charge is 0.344 e. The second-order valence-electron chi connectivity index (χ2n) is 7.37. The van der Waals surface area contributed by atoms with Crippen molar-refractivity contribution < 1.29 is 19.0 Å². The van der Waals surface area contributed by atoms with E-state index in [1.54, 1.807) is 25.1 Å². The number of rotatable bonds is 10. The molecule has 0 aliphatic heterocycles. The van der Waals surface area contributed by atoms with E-state index >= 15 is 0 Å². The molecule has 0 amide bonds. The normalized spacial score (nSPS) is 11.3. The summed E-state index contributed by atoms with van der Waals surface area (Å²) in [6, 6.07) is 7.02. The molecule has 0 aliphatic carbocycles. The Hall–Kier alpha value is -2.43. The third-order valence-electron chi connectivity index (χ3n) is 4.96. The molecule has 3 aromatic rings. The van der Waals surface area contributed by atoms with Gasteiger partial charge in [0.2, 0.25) is 0 Å². The minimum Gasteiger partial charge on any atom is -0.493 e. The van der Waals surface area contributed by atoms with Crippen LogP contribution < -0.4 is 15.0 Å². The fraction of sp³-hybridized carbons (Fsp3) is 0.333. The lowest BCUT2D eigenvalue weighted by Crippen LogP contribution is -2.22. The van der Waals surface area contributed by atoms with Gasteiger partial charge in [-0.2, -0.15) is 9.78 Å². The second-order valence-corrected chi connectivity index (χ2v) is 9.46. The highest BCUT2D eigenvalue weighted by molar-refractivity contribution is 9.10. The number of carbonyl (C=O) groups excluding carboxylic acids is 1. The average molecular weight is 630 g/mol. The summed E-state index contributed by atoms with van der Waals surface area (Å²) >= 11 is 13.4. The van der Waals surface area contributed by atoms with Crippen molar-refractivity contribution in [2.75, 3.05) is 20.3 Å². The van der Waals surface area contributed by atoms with Crippen LogP contribution in [0.25, 0.3) is 10.9 Å². The molecule has 3 rings (SSSR count). The topological polar surface area (TPSA) is 92.0 Å². The predicted octanol–water partition coefficient (Wildman–Crippen LogP) is 5.75. The van der Waals surface area contributed by atoms with Gasteiger partial charge in [0.05, 0.1) is 30.8 Å². The van der Waals surface area contributed by atoms with E-state index in [4.69, 9.17) is 25.8 Å². The number of unbranched alkanes of at least 4 members (excludes halogenated alkanes) is 1. The predicted molar refractivity (Wildman–Crippen MR) is 143 cm³/mol. The maximum atomic E-state index is 13.3. The van der Waals surface area contributed by atoms with Crippen LogP contribution in [0.1, 0.15) is 38.1 Å². The Morgan fingerprint density at radius 3 is 2.71 bits per heavy atom. The number of carbonyl (C=O) groups is 1. The molecule has 0 unspecified atom stereocenters. The number of hydrogen-bond donors (Lipinski definition) is 0. The van der Waals surface area contributed by atoms with Crippen LogP contribution in [0, 0.1) is 0 Å². The van der Waals surface area contributed by atoms with Crippen molar-refractivity contribution in [1.82, 2.24) is 9.66 Å². The fourth-order valence-electron chi connectivity index (χ4n) is 3.25. The van der Waals surface area contributed by atoms with Crippen molar-refractivity contribution in [3.05, 3.63) is 60.0 Å². The summed E-state index contributed by atoms with van der Waals surface area (Å²) in [5.41, 5.74) is 0.880. The van der Waals surface area contributed by atoms with Crippen molar-refractivity contribution in [2.24, 2.45) is 5.10 Å². The van der Waals surface area contributed by atoms with Gasteiger partial charge in [-0.25, -0.2) is 9.78 Å². The molecule has 0 aliphatic rings. The van der Waals surface area contributed by atoms with Gasteiger partial charge >= 0.3 is 5.97 Å². The third-order valence-corrected chi connectivity index (χ3v) is 6.89. The van der Waals surface area contributed by atoms with Gasteiger partial charge in [0.1, 0.15) is 10.8 Å². The number of hydrogen-bond acceptors (Lipinski definition) is 7. The van der Waals surface area contributed by atoms with Crippen molar-refractivity contribution in [2.45, 2.75) is 33.1 Å². The maximum Gasteiger partial charge on any atom is 0.344 e. The largest absolute Gasteiger partial charge is 0.493 e. The lowest BCUT2D eigenvalue weighted by molar-refractivity contribution is -0.145. The Morgan fingerprint density at radius 2 is 2.03 bits per heavy atom. The summed E-state index contributed by atoms with van der Waals surface area (Å²) in [5, 5.41) is 5.10. The molecule has 0 atom stereocenters. The minimum absolute atomic E-state index is 0.185. The first kappa shape index (κ1) is 27.2. The van der Waals surface area contributed by atoms with Crippen LogP contribution in [0.2, 0.25) is 5.02 Å². The van der Waals surface area contributed by atoms with Gasteiger partial charge < -0.3 is 14.2 Å². The molecular formula is C24H24Br2ClN3O5. The van der Waals surface area contributed by atoms with E-state index in [1.165, 1.54) is 18.0 Å². The fourth-order valence-corrected chi connectivity index (χ4v) is 4.26. The first-order chi connectivity index (χ1) is 16.8. The molecule has 0 spiro atoms. The van der Waals surface area contributed by atoms with Gasteiger partial charge in [0.15, 0.2) is 18.1 Å². The highest BCUT2D eigenvalue weighted by Gasteiger charge is 2.19. The van der Waals surface area contributed by atoms with Crippen LogP contribution in [-0.4, -0.2) is 42.2 Å². The molecule has 0 saturated heterocycles. The van der Waals surface area contributed by atoms with Crippen molar-refractivity contribution in [3.8, 4) is 11.5 Å². The molecule has 186 valence electrons. The number of benzene rings is 2. The number of aryl methyl sites for hydroxylation is 1. The SMILES string of the molecule is CCCCc1nc2ccc(Br)cc2c(=O)n1N=Cc1cc(OC)c(OCC(=O)OCC)c(Cl)c1Br. The molecule has 0 bridgehead atoms. The number of fused-ring (bicyclic) bond motifs is 1. The molecule has 11 heteroatoms. The van der Waals surface area contributed by atoms with Gasteiger partial charge in [0.25, 0.3) is 5.56 Å². The van der Waals surface area contributed by atoms with Crippen LogP contribution in [0.3, 0.4) is 0 Å². The van der Waals surface area contributed by atoms with E-state index in [0.717, 1.165) is 17.3 Å². The van der Waals surface area contributed by atoms with E-state index in [-0.39, 0.29) is 29.5 Å². The van der Waals surface area contributed by atoms with Gasteiger partial charge in [-0.05, 0) is 53.5 Å². The molecule has 0 radical (unpaired) electrons. The standard InChI is InChI=1S/C24H24Br2ClN3O5/c1-4-6-7-19-29-17-9-8-15(25)11-16(17)24(32)30(19)28-12-14-10-18(33-3)23(22(27)21(14)26)35-13-20(31)34-5-2/h8-12H,4-7,13H2,1-3H3. The highest BCUT2D eigenvalue weighted by atomic mass is 79.9. The Balaban J connectivity index is 2.04. The van der Waals surface area contributed by atoms with Crippen LogP contribution in [0.4, 0.5) is 0 Å². The van der Waals surface area contributed by atoms with E-state index in [2.05, 4.69) is 48.9 Å². The van der Waals surface area contributed by atoms with Crippen molar-refractivity contribution >= 4 is 66.5 Å². The molecule has 1 heterocycles. The average Bonchev–Trinajstić information content (AvgIpc) is 2.84. The second kappa shape index (κ2) is 12.5. The monoisotopic (exact) mass is 627 g/mol. The third kappa shape index (κ3) is 6.42. The zero-order chi connectivity index (χ0) is 25.5. The van der Waals surface area contributed by atoms with Gasteiger partial charge in [0, 0.05) is 20.9 Å². The first-order valence-electron chi connectivity index (χ1n) is 10.9. The lowest BCUT2D eigenvalue weighted by Gasteiger charge is -2.15. The van der Waals surface area contributed by atoms with E-state index in [9.17, 15) is 9.59 Å². The summed E-state index contributed by atoms with van der Waals surface area (Å²) in [7, 11) is 1.45.